The van der Waals surface area contributed by atoms with E-state index in [1.54, 1.807) is 11.3 Å². The third kappa shape index (κ3) is 3.44. The Hall–Kier alpha value is -1.07. The molecule has 0 saturated carbocycles. The quantitative estimate of drug-likeness (QED) is 0.878. The highest BCUT2D eigenvalue weighted by atomic mass is 79.9. The van der Waals surface area contributed by atoms with Crippen molar-refractivity contribution in [2.24, 2.45) is 0 Å². The van der Waals surface area contributed by atoms with Crippen LogP contribution in [0.4, 0.5) is 11.6 Å². The SMILES string of the molecule is CCNc1cccc(NCc2sccc2Br)n1. The molecule has 0 aliphatic carbocycles. The molecule has 0 spiro atoms. The lowest BCUT2D eigenvalue weighted by atomic mass is 10.4. The van der Waals surface area contributed by atoms with Gasteiger partial charge in [-0.05, 0) is 46.4 Å². The first kappa shape index (κ1) is 12.4. The van der Waals surface area contributed by atoms with E-state index >= 15 is 0 Å². The molecule has 5 heteroatoms. The van der Waals surface area contributed by atoms with E-state index in [2.05, 4.69) is 49.9 Å². The third-order valence-electron chi connectivity index (χ3n) is 2.23. The molecule has 0 saturated heterocycles. The van der Waals surface area contributed by atoms with Crippen LogP contribution in [0.5, 0.6) is 0 Å². The molecule has 0 atom stereocenters. The monoisotopic (exact) mass is 311 g/mol. The fraction of sp³-hybridized carbons (Fsp3) is 0.250. The Balaban J connectivity index is 1.99. The van der Waals surface area contributed by atoms with Gasteiger partial charge in [-0.15, -0.1) is 11.3 Å². The van der Waals surface area contributed by atoms with Gasteiger partial charge in [0.1, 0.15) is 11.6 Å². The van der Waals surface area contributed by atoms with E-state index in [1.165, 1.54) is 4.88 Å². The number of rotatable bonds is 5. The topological polar surface area (TPSA) is 37.0 Å². The summed E-state index contributed by atoms with van der Waals surface area (Å²) >= 11 is 5.25. The highest BCUT2D eigenvalue weighted by Crippen LogP contribution is 2.23. The molecular formula is C12H14BrN3S. The van der Waals surface area contributed by atoms with Gasteiger partial charge < -0.3 is 10.6 Å². The van der Waals surface area contributed by atoms with E-state index in [0.29, 0.717) is 0 Å². The van der Waals surface area contributed by atoms with Crippen molar-refractivity contribution in [2.75, 3.05) is 17.2 Å². The Labute approximate surface area is 113 Å². The maximum absolute atomic E-state index is 4.46. The summed E-state index contributed by atoms with van der Waals surface area (Å²) in [5.41, 5.74) is 0. The first-order valence-corrected chi connectivity index (χ1v) is 7.13. The molecule has 90 valence electrons. The highest BCUT2D eigenvalue weighted by Gasteiger charge is 2.01. The molecule has 0 radical (unpaired) electrons. The lowest BCUT2D eigenvalue weighted by Crippen LogP contribution is -2.03. The molecule has 0 aliphatic heterocycles. The fourth-order valence-electron chi connectivity index (χ4n) is 1.43. The van der Waals surface area contributed by atoms with Crippen molar-refractivity contribution >= 4 is 38.9 Å². The smallest absolute Gasteiger partial charge is 0.128 e. The average molecular weight is 312 g/mol. The van der Waals surface area contributed by atoms with Crippen LogP contribution < -0.4 is 10.6 Å². The number of hydrogen-bond donors (Lipinski definition) is 2. The molecule has 2 rings (SSSR count). The molecule has 0 aliphatic rings. The summed E-state index contributed by atoms with van der Waals surface area (Å²) in [6.45, 7) is 3.73. The van der Waals surface area contributed by atoms with Gasteiger partial charge in [-0.2, -0.15) is 0 Å². The van der Waals surface area contributed by atoms with Crippen molar-refractivity contribution in [3.05, 3.63) is 39.0 Å². The van der Waals surface area contributed by atoms with Crippen molar-refractivity contribution in [3.63, 3.8) is 0 Å². The fourth-order valence-corrected chi connectivity index (χ4v) is 2.87. The van der Waals surface area contributed by atoms with Gasteiger partial charge in [-0.25, -0.2) is 4.98 Å². The van der Waals surface area contributed by atoms with E-state index in [4.69, 9.17) is 0 Å². The summed E-state index contributed by atoms with van der Waals surface area (Å²) in [6.07, 6.45) is 0. The number of hydrogen-bond acceptors (Lipinski definition) is 4. The van der Waals surface area contributed by atoms with Crippen LogP contribution in [0.25, 0.3) is 0 Å². The number of nitrogens with zero attached hydrogens (tertiary/aromatic N) is 1. The van der Waals surface area contributed by atoms with Crippen LogP contribution in [0.1, 0.15) is 11.8 Å². The zero-order valence-electron chi connectivity index (χ0n) is 9.53. The molecule has 2 heterocycles. The molecule has 0 aromatic carbocycles. The van der Waals surface area contributed by atoms with Gasteiger partial charge in [0, 0.05) is 15.9 Å². The minimum Gasteiger partial charge on any atom is -0.370 e. The zero-order valence-corrected chi connectivity index (χ0v) is 11.9. The maximum Gasteiger partial charge on any atom is 0.128 e. The zero-order chi connectivity index (χ0) is 12.1. The Morgan fingerprint density at radius 3 is 2.65 bits per heavy atom. The molecule has 0 fully saturated rings. The molecule has 17 heavy (non-hydrogen) atoms. The van der Waals surface area contributed by atoms with Gasteiger partial charge in [0.25, 0.3) is 0 Å². The van der Waals surface area contributed by atoms with E-state index in [-0.39, 0.29) is 0 Å². The summed E-state index contributed by atoms with van der Waals surface area (Å²) in [4.78, 5) is 5.74. The molecule has 3 nitrogen and oxygen atoms in total. The normalized spacial score (nSPS) is 10.2. The molecule has 2 N–H and O–H groups in total. The summed E-state index contributed by atoms with van der Waals surface area (Å²) < 4.78 is 1.15. The number of halogens is 1. The van der Waals surface area contributed by atoms with Crippen LogP contribution in [0.2, 0.25) is 0 Å². The Bertz CT molecular complexity index is 484. The average Bonchev–Trinajstić information content (AvgIpc) is 2.73. The van der Waals surface area contributed by atoms with Crippen LogP contribution >= 0.6 is 27.3 Å². The summed E-state index contributed by atoms with van der Waals surface area (Å²) in [5, 5.41) is 8.58. The van der Waals surface area contributed by atoms with Crippen molar-refractivity contribution in [3.8, 4) is 0 Å². The van der Waals surface area contributed by atoms with Crippen LogP contribution in [0.3, 0.4) is 0 Å². The summed E-state index contributed by atoms with van der Waals surface area (Å²) in [7, 11) is 0. The molecule has 2 aromatic rings. The van der Waals surface area contributed by atoms with E-state index in [9.17, 15) is 0 Å². The molecule has 0 bridgehead atoms. The first-order valence-electron chi connectivity index (χ1n) is 5.46. The van der Waals surface area contributed by atoms with Gasteiger partial charge >= 0.3 is 0 Å². The third-order valence-corrected chi connectivity index (χ3v) is 4.15. The largest absolute Gasteiger partial charge is 0.370 e. The second-order valence-electron chi connectivity index (χ2n) is 3.48. The molecule has 2 aromatic heterocycles. The van der Waals surface area contributed by atoms with Crippen LogP contribution in [-0.4, -0.2) is 11.5 Å². The van der Waals surface area contributed by atoms with Crippen molar-refractivity contribution in [2.45, 2.75) is 13.5 Å². The Morgan fingerprint density at radius 2 is 2.00 bits per heavy atom. The molecule has 0 amide bonds. The molecule has 0 unspecified atom stereocenters. The summed E-state index contributed by atoms with van der Waals surface area (Å²) in [6, 6.07) is 8.00. The predicted molar refractivity (Wildman–Crippen MR) is 77.7 cm³/mol. The van der Waals surface area contributed by atoms with Crippen molar-refractivity contribution < 1.29 is 0 Å². The minimum atomic E-state index is 0.792. The number of thiophene rings is 1. The minimum absolute atomic E-state index is 0.792. The number of nitrogens with one attached hydrogen (secondary N) is 2. The number of pyridine rings is 1. The second kappa shape index (κ2) is 6.02. The lowest BCUT2D eigenvalue weighted by Gasteiger charge is -2.07. The van der Waals surface area contributed by atoms with Gasteiger partial charge in [0.15, 0.2) is 0 Å². The van der Waals surface area contributed by atoms with E-state index in [0.717, 1.165) is 29.2 Å². The van der Waals surface area contributed by atoms with Gasteiger partial charge in [-0.1, -0.05) is 6.07 Å². The molecular weight excluding hydrogens is 298 g/mol. The van der Waals surface area contributed by atoms with Crippen molar-refractivity contribution in [1.29, 1.82) is 0 Å². The number of aromatic nitrogens is 1. The van der Waals surface area contributed by atoms with E-state index in [1.807, 2.05) is 18.2 Å². The van der Waals surface area contributed by atoms with Crippen LogP contribution in [0.15, 0.2) is 34.1 Å². The maximum atomic E-state index is 4.46. The van der Waals surface area contributed by atoms with Gasteiger partial charge in [0.05, 0.1) is 6.54 Å². The van der Waals surface area contributed by atoms with E-state index < -0.39 is 0 Å². The standard InChI is InChI=1S/C12H14BrN3S/c1-2-14-11-4-3-5-12(16-11)15-8-10-9(13)6-7-17-10/h3-7H,2,8H2,1H3,(H2,14,15,16). The second-order valence-corrected chi connectivity index (χ2v) is 5.34. The van der Waals surface area contributed by atoms with Gasteiger partial charge in [-0.3, -0.25) is 0 Å². The number of anilines is 2. The summed E-state index contributed by atoms with van der Waals surface area (Å²) in [5.74, 6) is 1.80. The van der Waals surface area contributed by atoms with Crippen molar-refractivity contribution in [1.82, 2.24) is 4.98 Å². The van der Waals surface area contributed by atoms with Gasteiger partial charge in [0.2, 0.25) is 0 Å². The Morgan fingerprint density at radius 1 is 1.24 bits per heavy atom. The highest BCUT2D eigenvalue weighted by molar-refractivity contribution is 9.10. The van der Waals surface area contributed by atoms with Crippen LogP contribution in [-0.2, 0) is 6.54 Å². The predicted octanol–water partition coefficient (Wildman–Crippen LogP) is 3.95. The first-order chi connectivity index (χ1) is 8.29. The van der Waals surface area contributed by atoms with Crippen LogP contribution in [0, 0.1) is 0 Å². The lowest BCUT2D eigenvalue weighted by molar-refractivity contribution is 1.11. The Kier molecular flexibility index (Phi) is 4.39.